The number of nitrogens with one attached hydrogen (secondary N) is 1. The van der Waals surface area contributed by atoms with E-state index < -0.39 is 0 Å². The summed E-state index contributed by atoms with van der Waals surface area (Å²) in [5.41, 5.74) is 5.15. The molecule has 3 aromatic rings. The van der Waals surface area contributed by atoms with Crippen molar-refractivity contribution in [1.29, 1.82) is 0 Å². The monoisotopic (exact) mass is 504 g/mol. The number of fused-ring (bicyclic) bond motifs is 3. The average molecular weight is 505 g/mol. The summed E-state index contributed by atoms with van der Waals surface area (Å²) in [5, 5.41) is 13.7. The van der Waals surface area contributed by atoms with Crippen molar-refractivity contribution in [3.8, 4) is 34.1 Å². The van der Waals surface area contributed by atoms with E-state index in [4.69, 9.17) is 14.2 Å². The van der Waals surface area contributed by atoms with E-state index in [2.05, 4.69) is 17.1 Å². The Kier molecular flexibility index (Phi) is 8.24. The molecular formula is C30H36N2O5. The molecule has 0 saturated heterocycles. The molecule has 0 radical (unpaired) electrons. The summed E-state index contributed by atoms with van der Waals surface area (Å²) in [6.45, 7) is 3.32. The van der Waals surface area contributed by atoms with Gasteiger partial charge in [0.1, 0.15) is 5.75 Å². The van der Waals surface area contributed by atoms with Gasteiger partial charge in [-0.15, -0.1) is 0 Å². The van der Waals surface area contributed by atoms with Crippen molar-refractivity contribution in [2.75, 3.05) is 40.2 Å². The zero-order chi connectivity index (χ0) is 26.5. The lowest BCUT2D eigenvalue weighted by Crippen LogP contribution is -2.25. The van der Waals surface area contributed by atoms with Gasteiger partial charge in [0.2, 0.25) is 11.2 Å². The second-order valence-corrected chi connectivity index (χ2v) is 9.33. The van der Waals surface area contributed by atoms with Crippen LogP contribution in [0, 0.1) is 0 Å². The Morgan fingerprint density at radius 3 is 2.46 bits per heavy atom. The first kappa shape index (κ1) is 26.4. The van der Waals surface area contributed by atoms with Gasteiger partial charge in [-0.2, -0.15) is 0 Å². The topological polar surface area (TPSA) is 80.3 Å². The molecule has 3 aromatic carbocycles. The first-order valence-corrected chi connectivity index (χ1v) is 12.6. The molecule has 0 aliphatic heterocycles. The van der Waals surface area contributed by atoms with Gasteiger partial charge < -0.3 is 24.6 Å². The highest BCUT2D eigenvalue weighted by Gasteiger charge is 2.31. The Morgan fingerprint density at radius 1 is 1.03 bits per heavy atom. The van der Waals surface area contributed by atoms with Crippen LogP contribution in [-0.2, 0) is 13.0 Å². The van der Waals surface area contributed by atoms with Crippen molar-refractivity contribution < 1.29 is 19.3 Å². The predicted octanol–water partition coefficient (Wildman–Crippen LogP) is 5.39. The van der Waals surface area contributed by atoms with E-state index in [1.165, 1.54) is 0 Å². The molecule has 0 heterocycles. The minimum Gasteiger partial charge on any atom is -0.508 e. The van der Waals surface area contributed by atoms with Crippen LogP contribution in [-0.4, -0.2) is 44.9 Å². The standard InChI is InChI=1S/C30H36N2O5/c1-6-15-31-23-13-12-21-22(17-26(23)34)24(32(2)18-20-9-7-8-10-25(20)33)14-11-19-16-27(35-3)29(36-4)30(37-5)28(19)21/h7-10,12-13,16-17,24,33H,6,11,14-15,18H2,1-5H3,(H,31,34). The molecule has 0 aromatic heterocycles. The van der Waals surface area contributed by atoms with Gasteiger partial charge >= 0.3 is 0 Å². The van der Waals surface area contributed by atoms with Crippen molar-refractivity contribution in [2.24, 2.45) is 0 Å². The highest BCUT2D eigenvalue weighted by molar-refractivity contribution is 5.83. The van der Waals surface area contributed by atoms with Gasteiger partial charge in [-0.1, -0.05) is 31.2 Å². The molecule has 0 amide bonds. The van der Waals surface area contributed by atoms with Gasteiger partial charge in [0, 0.05) is 30.3 Å². The number of aromatic hydroxyl groups is 1. The van der Waals surface area contributed by atoms with E-state index in [1.807, 2.05) is 43.4 Å². The third-order valence-electron chi connectivity index (χ3n) is 7.02. The predicted molar refractivity (Wildman–Crippen MR) is 147 cm³/mol. The molecule has 0 saturated carbocycles. The molecule has 196 valence electrons. The number of nitrogens with zero attached hydrogens (tertiary/aromatic N) is 1. The number of aryl methyl sites for hydroxylation is 1. The maximum absolute atomic E-state index is 13.4. The highest BCUT2D eigenvalue weighted by Crippen LogP contribution is 2.51. The summed E-state index contributed by atoms with van der Waals surface area (Å²) >= 11 is 0. The van der Waals surface area contributed by atoms with Crippen LogP contribution < -0.4 is 25.0 Å². The average Bonchev–Trinajstić information content (AvgIpc) is 3.15. The summed E-state index contributed by atoms with van der Waals surface area (Å²) in [6, 6.07) is 14.9. The minimum absolute atomic E-state index is 0.0569. The molecule has 1 aliphatic rings. The van der Waals surface area contributed by atoms with E-state index in [9.17, 15) is 9.90 Å². The number of hydrogen-bond donors (Lipinski definition) is 2. The number of para-hydroxylation sites is 1. The van der Waals surface area contributed by atoms with Crippen molar-refractivity contribution in [3.63, 3.8) is 0 Å². The SMILES string of the molecule is CCCNc1ccc2c(cc1=O)C(N(C)Cc1ccccc1O)CCc1cc(OC)c(OC)c(OC)c1-2. The van der Waals surface area contributed by atoms with E-state index in [1.54, 1.807) is 33.5 Å². The minimum atomic E-state index is -0.0807. The van der Waals surface area contributed by atoms with Gasteiger partial charge in [0.15, 0.2) is 11.5 Å². The molecule has 7 nitrogen and oxygen atoms in total. The van der Waals surface area contributed by atoms with E-state index >= 15 is 0 Å². The highest BCUT2D eigenvalue weighted by atomic mass is 16.5. The van der Waals surface area contributed by atoms with Crippen molar-refractivity contribution in [3.05, 3.63) is 75.4 Å². The zero-order valence-electron chi connectivity index (χ0n) is 22.3. The number of methoxy groups -OCH3 is 3. The molecule has 1 unspecified atom stereocenters. The number of anilines is 1. The molecule has 4 rings (SSSR count). The van der Waals surface area contributed by atoms with Crippen molar-refractivity contribution >= 4 is 5.69 Å². The van der Waals surface area contributed by atoms with Crippen LogP contribution in [0.25, 0.3) is 11.1 Å². The second-order valence-electron chi connectivity index (χ2n) is 9.33. The summed E-state index contributed by atoms with van der Waals surface area (Å²) in [4.78, 5) is 15.6. The van der Waals surface area contributed by atoms with E-state index in [0.717, 1.165) is 47.1 Å². The molecule has 1 aliphatic carbocycles. The van der Waals surface area contributed by atoms with E-state index in [0.29, 0.717) is 36.0 Å². The molecule has 0 bridgehead atoms. The van der Waals surface area contributed by atoms with Crippen LogP contribution in [0.15, 0.2) is 53.3 Å². The van der Waals surface area contributed by atoms with Gasteiger partial charge in [0.25, 0.3) is 0 Å². The second kappa shape index (κ2) is 11.6. The smallest absolute Gasteiger partial charge is 0.203 e. The normalized spacial score (nSPS) is 14.4. The van der Waals surface area contributed by atoms with Crippen LogP contribution in [0.5, 0.6) is 23.0 Å². The maximum Gasteiger partial charge on any atom is 0.203 e. The molecule has 7 heteroatoms. The third kappa shape index (κ3) is 5.23. The first-order valence-electron chi connectivity index (χ1n) is 12.6. The third-order valence-corrected chi connectivity index (χ3v) is 7.02. The summed E-state index contributed by atoms with van der Waals surface area (Å²) in [6.07, 6.45) is 2.43. The number of hydrogen-bond acceptors (Lipinski definition) is 7. The van der Waals surface area contributed by atoms with Gasteiger partial charge in [-0.3, -0.25) is 9.69 Å². The van der Waals surface area contributed by atoms with Crippen LogP contribution in [0.4, 0.5) is 5.69 Å². The maximum atomic E-state index is 13.4. The number of benzene rings is 2. The van der Waals surface area contributed by atoms with Gasteiger partial charge in [0.05, 0.1) is 27.0 Å². The van der Waals surface area contributed by atoms with Crippen LogP contribution in [0.3, 0.4) is 0 Å². The summed E-state index contributed by atoms with van der Waals surface area (Å²) in [5.74, 6) is 1.98. The largest absolute Gasteiger partial charge is 0.508 e. The summed E-state index contributed by atoms with van der Waals surface area (Å²) in [7, 11) is 6.87. The molecule has 0 fully saturated rings. The lowest BCUT2D eigenvalue weighted by molar-refractivity contribution is 0.223. The fourth-order valence-electron chi connectivity index (χ4n) is 5.18. The number of rotatable bonds is 9. The molecule has 0 spiro atoms. The van der Waals surface area contributed by atoms with Gasteiger partial charge in [-0.05, 0) is 67.3 Å². The Bertz CT molecular complexity index is 1320. The first-order chi connectivity index (χ1) is 17.9. The lowest BCUT2D eigenvalue weighted by atomic mass is 9.95. The zero-order valence-corrected chi connectivity index (χ0v) is 22.3. The molecule has 37 heavy (non-hydrogen) atoms. The summed E-state index contributed by atoms with van der Waals surface area (Å²) < 4.78 is 17.3. The Morgan fingerprint density at radius 2 is 1.78 bits per heavy atom. The quantitative estimate of drug-likeness (QED) is 0.405. The Labute approximate surface area is 218 Å². The Hall–Kier alpha value is -3.71. The van der Waals surface area contributed by atoms with Crippen LogP contribution in [0.2, 0.25) is 0 Å². The van der Waals surface area contributed by atoms with Crippen LogP contribution >= 0.6 is 0 Å². The van der Waals surface area contributed by atoms with Crippen molar-refractivity contribution in [2.45, 2.75) is 38.8 Å². The fraction of sp³-hybridized carbons (Fsp3) is 0.367. The fourth-order valence-corrected chi connectivity index (χ4v) is 5.18. The number of phenolic OH excluding ortho intramolecular Hbond substituents is 1. The molecule has 1 atom stereocenters. The van der Waals surface area contributed by atoms with Crippen molar-refractivity contribution in [1.82, 2.24) is 4.90 Å². The number of phenols is 1. The number of ether oxygens (including phenoxy) is 3. The van der Waals surface area contributed by atoms with Gasteiger partial charge in [-0.25, -0.2) is 0 Å². The van der Waals surface area contributed by atoms with Crippen LogP contribution in [0.1, 0.15) is 42.5 Å². The molecular weight excluding hydrogens is 468 g/mol. The Balaban J connectivity index is 1.94. The van der Waals surface area contributed by atoms with E-state index in [-0.39, 0.29) is 17.2 Å². The molecule has 2 N–H and O–H groups in total. The lowest BCUT2D eigenvalue weighted by Gasteiger charge is -2.28.